The van der Waals surface area contributed by atoms with E-state index in [2.05, 4.69) is 0 Å². The van der Waals surface area contributed by atoms with Gasteiger partial charge in [-0.05, 0) is 0 Å². The van der Waals surface area contributed by atoms with Crippen molar-refractivity contribution in [2.75, 3.05) is 0 Å². The average Bonchev–Trinajstić information content (AvgIpc) is 0.811. The topological polar surface area (TPSA) is 37.3 Å². The summed E-state index contributed by atoms with van der Waals surface area (Å²) in [5, 5.41) is 7.42. The fourth-order valence-electron chi connectivity index (χ4n) is 0. The molecule has 0 aromatic heterocycles. The number of rotatable bonds is 0. The van der Waals surface area contributed by atoms with E-state index >= 15 is 0 Å². The summed E-state index contributed by atoms with van der Waals surface area (Å²) in [6, 6.07) is 0. The van der Waals surface area contributed by atoms with Crippen molar-refractivity contribution in [3.05, 3.63) is 0 Å². The van der Waals surface area contributed by atoms with E-state index in [1.54, 1.807) is 0 Å². The van der Waals surface area contributed by atoms with Gasteiger partial charge in [-0.25, -0.2) is 0 Å². The quantitative estimate of drug-likeness (QED) is 0.457. The zero-order chi connectivity index (χ0) is 3.58. The van der Waals surface area contributed by atoms with Crippen molar-refractivity contribution in [1.82, 2.24) is 0 Å². The van der Waals surface area contributed by atoms with Gasteiger partial charge in [-0.15, -0.1) is 0 Å². The molecule has 0 aromatic carbocycles. The van der Waals surface area contributed by atoms with Crippen molar-refractivity contribution in [2.45, 2.75) is 6.92 Å². The first-order valence-electron chi connectivity index (χ1n) is 0.928. The Labute approximate surface area is 62.9 Å². The fourth-order valence-corrected chi connectivity index (χ4v) is 0. The van der Waals surface area contributed by atoms with E-state index < -0.39 is 5.97 Å². The van der Waals surface area contributed by atoms with Crippen molar-refractivity contribution >= 4 is 29.0 Å². The monoisotopic (exact) mass is 149 g/mol. The second-order valence-electron chi connectivity index (χ2n) is 0.519. The molecule has 0 amide bonds. The summed E-state index contributed by atoms with van der Waals surface area (Å²) in [6.45, 7) is 1.08. The molecule has 4 heteroatoms. The minimum atomic E-state index is -0.833. The van der Waals surface area contributed by atoms with Crippen LogP contribution in [0.5, 0.6) is 0 Å². The molecule has 0 aliphatic heterocycles. The zero-order valence-electron chi connectivity index (χ0n) is 2.66. The summed E-state index contributed by atoms with van der Waals surface area (Å²) in [5.41, 5.74) is 0. The number of hydrogen-bond acceptors (Lipinski definition) is 1. The number of hydrogen-bond donors (Lipinski definition) is 1. The van der Waals surface area contributed by atoms with Crippen LogP contribution in [-0.2, 0) is 21.9 Å². The largest absolute Gasteiger partial charge is 0.481 e. The molecule has 0 rings (SSSR count). The van der Waals surface area contributed by atoms with Crippen LogP contribution in [-0.4, -0.2) is 34.1 Å². The van der Waals surface area contributed by atoms with Gasteiger partial charge in [0.15, 0.2) is 0 Å². The Kier molecular flexibility index (Phi) is 24.4. The Morgan fingerprint density at radius 3 is 1.67 bits per heavy atom. The summed E-state index contributed by atoms with van der Waals surface area (Å²) in [4.78, 5) is 9.00. The first-order chi connectivity index (χ1) is 1.73. The molecule has 1 N–H and O–H groups in total. The Morgan fingerprint density at radius 2 is 1.67 bits per heavy atom. The second kappa shape index (κ2) is 9.23. The molecule has 0 fully saturated rings. The smallest absolute Gasteiger partial charge is 0.316 e. The molecule has 0 aliphatic rings. The molecular weight excluding hydrogens is 144 g/mol. The number of carbonyl (C=O) groups is 1. The van der Waals surface area contributed by atoms with Crippen LogP contribution in [0.25, 0.3) is 0 Å². The minimum absolute atomic E-state index is 0. The SMILES string of the molecule is CC(=O)O.[Cu].[MgH2]. The molecular formula is C2H6CuMgO2. The Morgan fingerprint density at radius 1 is 1.67 bits per heavy atom. The maximum absolute atomic E-state index is 9.00. The van der Waals surface area contributed by atoms with Gasteiger partial charge in [0.05, 0.1) is 0 Å². The van der Waals surface area contributed by atoms with Crippen LogP contribution in [0.1, 0.15) is 6.92 Å². The standard InChI is InChI=1S/C2H4O2.Cu.Mg.2H/c1-2(3)4;;;;/h1H3,(H,3,4);;;;. The number of aliphatic carboxylic acids is 1. The van der Waals surface area contributed by atoms with Gasteiger partial charge in [0, 0.05) is 24.0 Å². The Balaban J connectivity index is -0.0000000450. The minimum Gasteiger partial charge on any atom is -0.481 e. The zero-order valence-corrected chi connectivity index (χ0v) is 3.60. The van der Waals surface area contributed by atoms with E-state index in [0.29, 0.717) is 0 Å². The van der Waals surface area contributed by atoms with E-state index in [9.17, 15) is 0 Å². The van der Waals surface area contributed by atoms with E-state index in [-0.39, 0.29) is 40.1 Å². The van der Waals surface area contributed by atoms with Crippen molar-refractivity contribution in [3.63, 3.8) is 0 Å². The van der Waals surface area contributed by atoms with Crippen LogP contribution >= 0.6 is 0 Å². The van der Waals surface area contributed by atoms with Crippen molar-refractivity contribution in [3.8, 4) is 0 Å². The van der Waals surface area contributed by atoms with Crippen LogP contribution in [0.15, 0.2) is 0 Å². The Bertz CT molecular complexity index is 34.5. The molecule has 2 nitrogen and oxygen atoms in total. The third kappa shape index (κ3) is 117. The van der Waals surface area contributed by atoms with Crippen LogP contribution in [0.3, 0.4) is 0 Å². The number of carboxylic acids is 1. The van der Waals surface area contributed by atoms with Crippen LogP contribution in [0, 0.1) is 0 Å². The molecule has 0 atom stereocenters. The molecule has 0 bridgehead atoms. The fraction of sp³-hybridized carbons (Fsp3) is 0.500. The third-order valence-corrected chi connectivity index (χ3v) is 0. The maximum atomic E-state index is 9.00. The summed E-state index contributed by atoms with van der Waals surface area (Å²) >= 11 is 0. The normalized spacial score (nSPS) is 4.17. The molecule has 0 spiro atoms. The molecule has 0 aromatic rings. The summed E-state index contributed by atoms with van der Waals surface area (Å²) < 4.78 is 0. The predicted molar refractivity (Wildman–Crippen MR) is 21.9 cm³/mol. The first kappa shape index (κ1) is 15.9. The van der Waals surface area contributed by atoms with Gasteiger partial charge in [-0.1, -0.05) is 0 Å². The summed E-state index contributed by atoms with van der Waals surface area (Å²) in [5.74, 6) is -0.833. The Hall–Kier alpha value is 0.756. The van der Waals surface area contributed by atoms with Gasteiger partial charge in [0.25, 0.3) is 5.97 Å². The van der Waals surface area contributed by atoms with Gasteiger partial charge in [0.1, 0.15) is 0 Å². The molecule has 0 heterocycles. The van der Waals surface area contributed by atoms with Gasteiger partial charge in [-0.2, -0.15) is 0 Å². The maximum Gasteiger partial charge on any atom is 0.316 e. The molecule has 0 saturated heterocycles. The molecule has 0 saturated carbocycles. The summed E-state index contributed by atoms with van der Waals surface area (Å²) in [6.07, 6.45) is 0. The molecule has 6 heavy (non-hydrogen) atoms. The number of carboxylic acid groups (broad SMARTS) is 1. The average molecular weight is 150 g/mol. The van der Waals surface area contributed by atoms with Crippen molar-refractivity contribution in [2.24, 2.45) is 0 Å². The van der Waals surface area contributed by atoms with E-state index in [0.717, 1.165) is 6.92 Å². The summed E-state index contributed by atoms with van der Waals surface area (Å²) in [7, 11) is 0. The van der Waals surface area contributed by atoms with Gasteiger partial charge in [-0.3, -0.25) is 4.79 Å². The van der Waals surface area contributed by atoms with Crippen LogP contribution in [0.4, 0.5) is 0 Å². The van der Waals surface area contributed by atoms with Crippen molar-refractivity contribution < 1.29 is 27.0 Å². The molecule has 39 valence electrons. The van der Waals surface area contributed by atoms with Crippen LogP contribution < -0.4 is 0 Å². The van der Waals surface area contributed by atoms with Gasteiger partial charge < -0.3 is 5.11 Å². The first-order valence-corrected chi connectivity index (χ1v) is 0.928. The van der Waals surface area contributed by atoms with Gasteiger partial charge in [0.2, 0.25) is 0 Å². The van der Waals surface area contributed by atoms with Gasteiger partial charge >= 0.3 is 23.1 Å². The molecule has 1 radical (unpaired) electrons. The molecule has 0 unspecified atom stereocenters. The van der Waals surface area contributed by atoms with E-state index in [4.69, 9.17) is 9.90 Å². The second-order valence-corrected chi connectivity index (χ2v) is 0.519. The predicted octanol–water partition coefficient (Wildman–Crippen LogP) is -0.828. The molecule has 0 aliphatic carbocycles. The van der Waals surface area contributed by atoms with E-state index in [1.165, 1.54) is 0 Å². The third-order valence-electron chi connectivity index (χ3n) is 0. The van der Waals surface area contributed by atoms with Crippen molar-refractivity contribution in [1.29, 1.82) is 0 Å². The van der Waals surface area contributed by atoms with E-state index in [1.807, 2.05) is 0 Å². The van der Waals surface area contributed by atoms with Crippen LogP contribution in [0.2, 0.25) is 0 Å².